The van der Waals surface area contributed by atoms with Crippen molar-refractivity contribution < 1.29 is 0 Å². The third-order valence-corrected chi connectivity index (χ3v) is 12.5. The summed E-state index contributed by atoms with van der Waals surface area (Å²) >= 11 is 0. The van der Waals surface area contributed by atoms with Crippen molar-refractivity contribution in [2.45, 2.75) is 36.5 Å². The zero-order chi connectivity index (χ0) is 39.8. The number of rotatable bonds is 8. The summed E-state index contributed by atoms with van der Waals surface area (Å²) in [6.45, 7) is 0. The van der Waals surface area contributed by atoms with Gasteiger partial charge < -0.3 is 0 Å². The molecule has 9 aromatic rings. The average molecular weight is 773 g/mol. The molecule has 11 rings (SSSR count). The molecule has 0 amide bonds. The van der Waals surface area contributed by atoms with E-state index in [0.29, 0.717) is 0 Å². The molecule has 0 aromatic heterocycles. The van der Waals surface area contributed by atoms with Gasteiger partial charge >= 0.3 is 0 Å². The SMILES string of the molecule is c1ccc(C2[N]C(c3ccc(-c4cccc5cccc(-c6ccc(C7[N]C(c8ccccc8)C(c8ccccc8)N7)c7ccccc67)c45)cc3)NC2c2ccccc2)cc1. The van der Waals surface area contributed by atoms with Crippen LogP contribution < -0.4 is 21.3 Å². The zero-order valence-electron chi connectivity index (χ0n) is 33.1. The van der Waals surface area contributed by atoms with Crippen LogP contribution in [0.3, 0.4) is 0 Å². The third kappa shape index (κ3) is 6.70. The van der Waals surface area contributed by atoms with Crippen LogP contribution in [-0.2, 0) is 0 Å². The Balaban J connectivity index is 0.943. The number of nitrogens with zero attached hydrogens (tertiary/aromatic N) is 2. The molecular formula is C56H44N4. The van der Waals surface area contributed by atoms with Crippen molar-refractivity contribution in [2.75, 3.05) is 0 Å². The first-order valence-electron chi connectivity index (χ1n) is 21.0. The van der Waals surface area contributed by atoms with E-state index in [1.54, 1.807) is 0 Å². The summed E-state index contributed by atoms with van der Waals surface area (Å²) in [5.41, 5.74) is 12.1. The first-order valence-corrected chi connectivity index (χ1v) is 21.0. The van der Waals surface area contributed by atoms with Crippen LogP contribution in [0.15, 0.2) is 218 Å². The minimum Gasteiger partial charge on any atom is -0.288 e. The predicted octanol–water partition coefficient (Wildman–Crippen LogP) is 12.7. The minimum atomic E-state index is -0.159. The highest BCUT2D eigenvalue weighted by atomic mass is 15.3. The van der Waals surface area contributed by atoms with Gasteiger partial charge in [-0.25, -0.2) is 10.6 Å². The monoisotopic (exact) mass is 772 g/mol. The molecule has 2 aliphatic rings. The first kappa shape index (κ1) is 36.4. The second-order valence-corrected chi connectivity index (χ2v) is 16.0. The van der Waals surface area contributed by atoms with Crippen LogP contribution in [0.2, 0.25) is 0 Å². The topological polar surface area (TPSA) is 52.3 Å². The molecule has 2 fully saturated rings. The molecule has 0 bridgehead atoms. The van der Waals surface area contributed by atoms with E-state index in [4.69, 9.17) is 10.6 Å². The van der Waals surface area contributed by atoms with E-state index < -0.39 is 0 Å². The van der Waals surface area contributed by atoms with Gasteiger partial charge in [0.2, 0.25) is 0 Å². The lowest BCUT2D eigenvalue weighted by molar-refractivity contribution is 0.540. The Bertz CT molecular complexity index is 2800. The number of hydrogen-bond donors (Lipinski definition) is 2. The number of benzene rings is 9. The van der Waals surface area contributed by atoms with E-state index in [0.717, 1.165) is 5.56 Å². The van der Waals surface area contributed by atoms with Crippen molar-refractivity contribution in [3.63, 3.8) is 0 Å². The van der Waals surface area contributed by atoms with Gasteiger partial charge in [0, 0.05) is 0 Å². The van der Waals surface area contributed by atoms with Gasteiger partial charge in [0.15, 0.2) is 0 Å². The van der Waals surface area contributed by atoms with Gasteiger partial charge in [-0.1, -0.05) is 218 Å². The van der Waals surface area contributed by atoms with E-state index in [1.165, 1.54) is 71.6 Å². The molecule has 2 heterocycles. The van der Waals surface area contributed by atoms with Gasteiger partial charge in [-0.2, -0.15) is 0 Å². The molecule has 0 aliphatic carbocycles. The van der Waals surface area contributed by atoms with Crippen LogP contribution in [-0.4, -0.2) is 0 Å². The lowest BCUT2D eigenvalue weighted by Crippen LogP contribution is -2.20. The smallest absolute Gasteiger partial charge is 0.101 e. The largest absolute Gasteiger partial charge is 0.288 e. The van der Waals surface area contributed by atoms with Crippen molar-refractivity contribution in [1.29, 1.82) is 0 Å². The van der Waals surface area contributed by atoms with Crippen molar-refractivity contribution in [3.8, 4) is 22.3 Å². The Morgan fingerprint density at radius 3 is 1.38 bits per heavy atom. The normalized spacial score (nSPS) is 21.4. The molecule has 4 heteroatoms. The Morgan fingerprint density at radius 2 is 0.800 bits per heavy atom. The molecule has 2 radical (unpaired) electrons. The first-order chi connectivity index (χ1) is 29.8. The summed E-state index contributed by atoms with van der Waals surface area (Å²) in [5.74, 6) is 0. The molecule has 2 N–H and O–H groups in total. The molecule has 2 saturated heterocycles. The van der Waals surface area contributed by atoms with E-state index >= 15 is 0 Å². The quantitative estimate of drug-likeness (QED) is 0.162. The second-order valence-electron chi connectivity index (χ2n) is 16.0. The number of hydrogen-bond acceptors (Lipinski definition) is 2. The van der Waals surface area contributed by atoms with Crippen molar-refractivity contribution in [1.82, 2.24) is 21.3 Å². The van der Waals surface area contributed by atoms with E-state index in [-0.39, 0.29) is 36.5 Å². The van der Waals surface area contributed by atoms with Crippen LogP contribution in [0, 0.1) is 0 Å². The van der Waals surface area contributed by atoms with Crippen LogP contribution in [0.1, 0.15) is 69.9 Å². The molecule has 6 unspecified atom stereocenters. The molecule has 288 valence electrons. The Morgan fingerprint density at radius 1 is 0.317 bits per heavy atom. The fourth-order valence-corrected chi connectivity index (χ4v) is 9.64. The fraction of sp³-hybridized carbons (Fsp3) is 0.107. The molecule has 4 nitrogen and oxygen atoms in total. The van der Waals surface area contributed by atoms with Crippen LogP contribution >= 0.6 is 0 Å². The van der Waals surface area contributed by atoms with Crippen LogP contribution in [0.5, 0.6) is 0 Å². The Labute approximate surface area is 352 Å². The maximum absolute atomic E-state index is 5.49. The molecule has 9 aromatic carbocycles. The summed E-state index contributed by atoms with van der Waals surface area (Å²) in [6, 6.07) is 78.9. The lowest BCUT2D eigenvalue weighted by Gasteiger charge is -2.19. The Hall–Kier alpha value is -6.66. The van der Waals surface area contributed by atoms with E-state index in [2.05, 4.69) is 229 Å². The van der Waals surface area contributed by atoms with Gasteiger partial charge in [-0.15, -0.1) is 0 Å². The van der Waals surface area contributed by atoms with Crippen molar-refractivity contribution in [2.24, 2.45) is 0 Å². The zero-order valence-corrected chi connectivity index (χ0v) is 33.1. The van der Waals surface area contributed by atoms with Crippen LogP contribution in [0.25, 0.3) is 43.8 Å². The molecule has 6 atom stereocenters. The second kappa shape index (κ2) is 15.8. The standard InChI is InChI=1S/C56H44N4/c1-5-17-39(18-6-1)51-52(40-19-7-2-8-20-40)58-55(57-51)43-33-31-37(32-34-43)44-29-15-25-38-26-16-30-48(50(38)44)47-35-36-49(46-28-14-13-27-45(46)47)56-59-53(41-21-9-3-10-22-41)54(60-56)42-23-11-4-12-24-42/h1-36,51-57,59H. The van der Waals surface area contributed by atoms with Crippen LogP contribution in [0.4, 0.5) is 0 Å². The van der Waals surface area contributed by atoms with E-state index in [9.17, 15) is 0 Å². The van der Waals surface area contributed by atoms with Gasteiger partial charge in [-0.3, -0.25) is 10.6 Å². The maximum Gasteiger partial charge on any atom is 0.101 e. The Kier molecular flexibility index (Phi) is 9.61. The summed E-state index contributed by atoms with van der Waals surface area (Å²) in [6.07, 6.45) is -0.276. The van der Waals surface area contributed by atoms with Gasteiger partial charge in [0.1, 0.15) is 12.3 Å². The lowest BCUT2D eigenvalue weighted by atomic mass is 9.88. The van der Waals surface area contributed by atoms with E-state index in [1.807, 2.05) is 0 Å². The fourth-order valence-electron chi connectivity index (χ4n) is 9.64. The van der Waals surface area contributed by atoms with Crippen molar-refractivity contribution >= 4 is 21.5 Å². The molecule has 0 saturated carbocycles. The molecule has 60 heavy (non-hydrogen) atoms. The maximum atomic E-state index is 5.49. The van der Waals surface area contributed by atoms with Crippen molar-refractivity contribution in [3.05, 3.63) is 252 Å². The number of nitrogens with one attached hydrogen (secondary N) is 2. The highest BCUT2D eigenvalue weighted by Gasteiger charge is 2.39. The summed E-state index contributed by atoms with van der Waals surface area (Å²) in [4.78, 5) is 0. The average Bonchev–Trinajstić information content (AvgIpc) is 3.99. The third-order valence-electron chi connectivity index (χ3n) is 12.5. The summed E-state index contributed by atoms with van der Waals surface area (Å²) in [5, 5.41) is 23.6. The summed E-state index contributed by atoms with van der Waals surface area (Å²) < 4.78 is 0. The molecule has 2 aliphatic heterocycles. The van der Waals surface area contributed by atoms with Gasteiger partial charge in [0.25, 0.3) is 0 Å². The molecular weight excluding hydrogens is 729 g/mol. The number of fused-ring (bicyclic) bond motifs is 2. The molecule has 0 spiro atoms. The van der Waals surface area contributed by atoms with Gasteiger partial charge in [0.05, 0.1) is 24.2 Å². The highest BCUT2D eigenvalue weighted by Crippen LogP contribution is 2.45. The predicted molar refractivity (Wildman–Crippen MR) is 245 cm³/mol. The highest BCUT2D eigenvalue weighted by molar-refractivity contribution is 6.11. The van der Waals surface area contributed by atoms with Gasteiger partial charge in [-0.05, 0) is 77.2 Å². The summed E-state index contributed by atoms with van der Waals surface area (Å²) in [7, 11) is 0. The minimum absolute atomic E-state index is 0.00208.